The van der Waals surface area contributed by atoms with Crippen LogP contribution in [0.2, 0.25) is 0 Å². The Bertz CT molecular complexity index is 821. The molecule has 2 amide bonds. The van der Waals surface area contributed by atoms with Crippen molar-refractivity contribution in [2.75, 3.05) is 11.5 Å². The second-order valence-electron chi connectivity index (χ2n) is 4.96. The highest BCUT2D eigenvalue weighted by molar-refractivity contribution is 6.34. The van der Waals surface area contributed by atoms with Crippen molar-refractivity contribution in [2.45, 2.75) is 0 Å². The van der Waals surface area contributed by atoms with Crippen LogP contribution in [0.15, 0.2) is 48.5 Å². The van der Waals surface area contributed by atoms with E-state index in [1.807, 2.05) is 0 Å². The van der Waals surface area contributed by atoms with Crippen LogP contribution in [-0.4, -0.2) is 35.5 Å². The minimum Gasteiger partial charge on any atom is -0.388 e. The number of rotatable bonds is 3. The third-order valence-electron chi connectivity index (χ3n) is 3.49. The van der Waals surface area contributed by atoms with Crippen molar-refractivity contribution >= 4 is 29.4 Å². The first-order valence-corrected chi connectivity index (χ1v) is 6.96. The lowest BCUT2D eigenvalue weighted by Crippen LogP contribution is -2.29. The van der Waals surface area contributed by atoms with Gasteiger partial charge in [-0.2, -0.15) is 0 Å². The topological polar surface area (TPSA) is 101 Å². The molecule has 0 spiro atoms. The fraction of sp³-hybridized carbons (Fsp3) is 0.0588. The molecule has 0 aliphatic carbocycles. The van der Waals surface area contributed by atoms with Gasteiger partial charge in [-0.25, -0.2) is 14.5 Å². The number of carbonyl (C=O) groups excluding carboxylic acids is 4. The number of benzene rings is 2. The average molecular weight is 325 g/mol. The van der Waals surface area contributed by atoms with Crippen LogP contribution in [0.25, 0.3) is 0 Å². The van der Waals surface area contributed by atoms with Crippen LogP contribution in [0, 0.1) is 0 Å². The zero-order valence-corrected chi connectivity index (χ0v) is 12.3. The van der Waals surface area contributed by atoms with Gasteiger partial charge in [0.15, 0.2) is 0 Å². The summed E-state index contributed by atoms with van der Waals surface area (Å²) in [6.45, 7) is -0.904. The highest BCUT2D eigenvalue weighted by atomic mass is 16.6. The molecule has 0 atom stereocenters. The first-order valence-electron chi connectivity index (χ1n) is 6.96. The fourth-order valence-electron chi connectivity index (χ4n) is 2.36. The molecule has 1 N–H and O–H groups in total. The summed E-state index contributed by atoms with van der Waals surface area (Å²) in [4.78, 5) is 48.3. The molecular weight excluding hydrogens is 314 g/mol. The van der Waals surface area contributed by atoms with Crippen LogP contribution in [0.1, 0.15) is 31.1 Å². The third kappa shape index (κ3) is 2.57. The molecule has 7 nitrogen and oxygen atoms in total. The number of hydrogen-bond donors (Lipinski definition) is 1. The highest BCUT2D eigenvalue weighted by Gasteiger charge is 2.36. The van der Waals surface area contributed by atoms with Crippen LogP contribution in [0.5, 0.6) is 0 Å². The number of esters is 2. The monoisotopic (exact) mass is 325 g/mol. The number of fused-ring (bicyclic) bond motifs is 1. The summed E-state index contributed by atoms with van der Waals surface area (Å²) >= 11 is 0. The lowest BCUT2D eigenvalue weighted by Gasteiger charge is -2.14. The summed E-state index contributed by atoms with van der Waals surface area (Å²) in [6, 6.07) is 11.9. The van der Waals surface area contributed by atoms with E-state index in [0.717, 1.165) is 4.90 Å². The van der Waals surface area contributed by atoms with Crippen molar-refractivity contribution in [1.29, 1.82) is 0 Å². The zero-order chi connectivity index (χ0) is 17.3. The van der Waals surface area contributed by atoms with E-state index in [1.54, 1.807) is 24.3 Å². The second kappa shape index (κ2) is 6.05. The highest BCUT2D eigenvalue weighted by Crippen LogP contribution is 2.28. The van der Waals surface area contributed by atoms with E-state index in [4.69, 9.17) is 5.11 Å². The van der Waals surface area contributed by atoms with E-state index in [1.165, 1.54) is 24.3 Å². The van der Waals surface area contributed by atoms with Crippen molar-refractivity contribution in [3.63, 3.8) is 0 Å². The maximum Gasteiger partial charge on any atom is 0.345 e. The molecule has 1 heterocycles. The molecule has 0 bridgehead atoms. The predicted molar refractivity (Wildman–Crippen MR) is 81.5 cm³/mol. The van der Waals surface area contributed by atoms with Crippen molar-refractivity contribution < 1.29 is 29.0 Å². The molecule has 0 saturated carbocycles. The van der Waals surface area contributed by atoms with E-state index in [-0.39, 0.29) is 5.56 Å². The van der Waals surface area contributed by atoms with Gasteiger partial charge in [0, 0.05) is 0 Å². The van der Waals surface area contributed by atoms with Gasteiger partial charge < -0.3 is 9.84 Å². The van der Waals surface area contributed by atoms with Crippen LogP contribution in [0.3, 0.4) is 0 Å². The number of aliphatic hydroxyl groups is 1. The minimum atomic E-state index is -1.07. The number of anilines is 1. The number of nitrogens with zero attached hydrogens (tertiary/aromatic N) is 1. The summed E-state index contributed by atoms with van der Waals surface area (Å²) in [5.41, 5.74) is 0.988. The summed E-state index contributed by atoms with van der Waals surface area (Å²) in [5, 5.41) is 8.55. The molecule has 0 fully saturated rings. The van der Waals surface area contributed by atoms with E-state index < -0.39 is 30.4 Å². The number of aliphatic hydroxyl groups excluding tert-OH is 1. The SMILES string of the molecule is O=C(CO)OC(=O)c1ccc(N2C(=O)c3ccccc3C2=O)cc1. The molecule has 3 rings (SSSR count). The Balaban J connectivity index is 1.85. The Kier molecular flexibility index (Phi) is 3.93. The van der Waals surface area contributed by atoms with E-state index in [2.05, 4.69) is 4.74 Å². The number of hydrogen-bond acceptors (Lipinski definition) is 6. The lowest BCUT2D eigenvalue weighted by molar-refractivity contribution is -0.141. The molecule has 0 saturated heterocycles. The molecule has 7 heteroatoms. The van der Waals surface area contributed by atoms with Gasteiger partial charge in [0.1, 0.15) is 6.61 Å². The molecule has 2 aromatic rings. The van der Waals surface area contributed by atoms with Gasteiger partial charge in [-0.3, -0.25) is 9.59 Å². The second-order valence-corrected chi connectivity index (χ2v) is 4.96. The van der Waals surface area contributed by atoms with E-state index in [9.17, 15) is 19.2 Å². The summed E-state index contributed by atoms with van der Waals surface area (Å²) in [7, 11) is 0. The lowest BCUT2D eigenvalue weighted by atomic mass is 10.1. The Labute approximate surface area is 136 Å². The van der Waals surface area contributed by atoms with Gasteiger partial charge in [-0.05, 0) is 36.4 Å². The average Bonchev–Trinajstić information content (AvgIpc) is 2.86. The number of amides is 2. The fourth-order valence-corrected chi connectivity index (χ4v) is 2.36. The van der Waals surface area contributed by atoms with Crippen LogP contribution < -0.4 is 4.90 Å². The van der Waals surface area contributed by atoms with E-state index in [0.29, 0.717) is 16.8 Å². The molecule has 2 aromatic carbocycles. The maximum atomic E-state index is 12.4. The standard InChI is InChI=1S/C17H11NO6/c19-9-14(20)24-17(23)10-5-7-11(8-6-10)18-15(21)12-3-1-2-4-13(12)16(18)22/h1-8,19H,9H2. The Morgan fingerprint density at radius 1 is 0.917 bits per heavy atom. The predicted octanol–water partition coefficient (Wildman–Crippen LogP) is 1.16. The van der Waals surface area contributed by atoms with Gasteiger partial charge in [0.25, 0.3) is 11.8 Å². The summed E-state index contributed by atoms with van der Waals surface area (Å²) < 4.78 is 4.37. The number of carbonyl (C=O) groups is 4. The third-order valence-corrected chi connectivity index (χ3v) is 3.49. The molecule has 0 radical (unpaired) electrons. The number of ether oxygens (including phenoxy) is 1. The largest absolute Gasteiger partial charge is 0.388 e. The quantitative estimate of drug-likeness (QED) is 0.516. The Morgan fingerprint density at radius 2 is 1.46 bits per heavy atom. The molecule has 0 aromatic heterocycles. The van der Waals surface area contributed by atoms with Crippen LogP contribution in [-0.2, 0) is 9.53 Å². The first kappa shape index (κ1) is 15.6. The molecule has 120 valence electrons. The van der Waals surface area contributed by atoms with Gasteiger partial charge in [-0.15, -0.1) is 0 Å². The normalized spacial score (nSPS) is 13.0. The van der Waals surface area contributed by atoms with Crippen molar-refractivity contribution in [2.24, 2.45) is 0 Å². The first-order chi connectivity index (χ1) is 11.5. The van der Waals surface area contributed by atoms with Gasteiger partial charge in [-0.1, -0.05) is 12.1 Å². The van der Waals surface area contributed by atoms with Gasteiger partial charge in [0.2, 0.25) is 0 Å². The maximum absolute atomic E-state index is 12.4. The molecule has 0 unspecified atom stereocenters. The van der Waals surface area contributed by atoms with Gasteiger partial charge in [0.05, 0.1) is 22.4 Å². The number of imide groups is 1. The Morgan fingerprint density at radius 3 is 1.96 bits per heavy atom. The summed E-state index contributed by atoms with van der Waals surface area (Å²) in [5.74, 6) is -2.88. The van der Waals surface area contributed by atoms with Crippen molar-refractivity contribution in [3.05, 3.63) is 65.2 Å². The molecule has 1 aliphatic heterocycles. The Hall–Kier alpha value is -3.32. The van der Waals surface area contributed by atoms with E-state index >= 15 is 0 Å². The van der Waals surface area contributed by atoms with Crippen molar-refractivity contribution in [3.8, 4) is 0 Å². The van der Waals surface area contributed by atoms with Crippen LogP contribution in [0.4, 0.5) is 5.69 Å². The zero-order valence-electron chi connectivity index (χ0n) is 12.3. The van der Waals surface area contributed by atoms with Crippen molar-refractivity contribution in [1.82, 2.24) is 0 Å². The van der Waals surface area contributed by atoms with Gasteiger partial charge >= 0.3 is 11.9 Å². The molecule has 1 aliphatic rings. The molecular formula is C17H11NO6. The molecule has 24 heavy (non-hydrogen) atoms. The summed E-state index contributed by atoms with van der Waals surface area (Å²) in [6.07, 6.45) is 0. The minimum absolute atomic E-state index is 0.0529. The van der Waals surface area contributed by atoms with Crippen LogP contribution >= 0.6 is 0 Å². The smallest absolute Gasteiger partial charge is 0.345 e.